The number of carboxylic acid groups (broad SMARTS) is 1. The summed E-state index contributed by atoms with van der Waals surface area (Å²) in [6.45, 7) is 0. The number of carbonyl (C=O) groups excluding carboxylic acids is 1. The average molecular weight is 316 g/mol. The summed E-state index contributed by atoms with van der Waals surface area (Å²) in [4.78, 5) is 22.8. The standard InChI is InChI=1S/C14H18ClNO3S/c1-20-9-8-12(14(18)19)16-13(17)7-6-10-4-2-3-5-11(10)15/h2-5,12H,6-9H2,1H3,(H,16,17)(H,18,19). The Labute approximate surface area is 127 Å². The lowest BCUT2D eigenvalue weighted by molar-refractivity contribution is -0.141. The molecule has 1 unspecified atom stereocenters. The largest absolute Gasteiger partial charge is 0.480 e. The summed E-state index contributed by atoms with van der Waals surface area (Å²) in [6, 6.07) is 6.50. The lowest BCUT2D eigenvalue weighted by atomic mass is 10.1. The first-order valence-corrected chi connectivity index (χ1v) is 8.06. The van der Waals surface area contributed by atoms with Crippen molar-refractivity contribution in [2.24, 2.45) is 0 Å². The highest BCUT2D eigenvalue weighted by Gasteiger charge is 2.19. The number of amides is 1. The summed E-state index contributed by atoms with van der Waals surface area (Å²) in [5, 5.41) is 12.2. The second-order valence-corrected chi connectivity index (χ2v) is 5.72. The van der Waals surface area contributed by atoms with Crippen LogP contribution in [0.15, 0.2) is 24.3 Å². The zero-order valence-corrected chi connectivity index (χ0v) is 12.8. The topological polar surface area (TPSA) is 66.4 Å². The summed E-state index contributed by atoms with van der Waals surface area (Å²) in [7, 11) is 0. The number of aryl methyl sites for hydroxylation is 1. The fraction of sp³-hybridized carbons (Fsp3) is 0.429. The zero-order valence-electron chi connectivity index (χ0n) is 11.3. The Balaban J connectivity index is 2.46. The van der Waals surface area contributed by atoms with Crippen molar-refractivity contribution in [1.82, 2.24) is 5.32 Å². The van der Waals surface area contributed by atoms with Gasteiger partial charge in [-0.3, -0.25) is 4.79 Å². The molecule has 1 aromatic rings. The normalized spacial score (nSPS) is 11.9. The maximum Gasteiger partial charge on any atom is 0.326 e. The van der Waals surface area contributed by atoms with Crippen LogP contribution in [0.3, 0.4) is 0 Å². The van der Waals surface area contributed by atoms with E-state index in [0.29, 0.717) is 23.6 Å². The Kier molecular flexibility index (Phi) is 7.47. The van der Waals surface area contributed by atoms with E-state index >= 15 is 0 Å². The molecule has 0 radical (unpaired) electrons. The van der Waals surface area contributed by atoms with Gasteiger partial charge in [-0.25, -0.2) is 4.79 Å². The fourth-order valence-electron chi connectivity index (χ4n) is 1.71. The number of benzene rings is 1. The zero-order chi connectivity index (χ0) is 15.0. The number of hydrogen-bond donors (Lipinski definition) is 2. The fourth-order valence-corrected chi connectivity index (χ4v) is 2.41. The van der Waals surface area contributed by atoms with Crippen LogP contribution in [-0.4, -0.2) is 35.0 Å². The third-order valence-corrected chi connectivity index (χ3v) is 3.84. The van der Waals surface area contributed by atoms with Crippen LogP contribution in [0.1, 0.15) is 18.4 Å². The molecule has 0 aliphatic carbocycles. The lowest BCUT2D eigenvalue weighted by Crippen LogP contribution is -2.41. The molecule has 20 heavy (non-hydrogen) atoms. The summed E-state index contributed by atoms with van der Waals surface area (Å²) < 4.78 is 0. The van der Waals surface area contributed by atoms with Crippen molar-refractivity contribution in [1.29, 1.82) is 0 Å². The molecule has 0 fully saturated rings. The Morgan fingerprint density at radius 2 is 2.10 bits per heavy atom. The first-order valence-electron chi connectivity index (χ1n) is 6.29. The van der Waals surface area contributed by atoms with Crippen LogP contribution in [0.4, 0.5) is 0 Å². The Hall–Kier alpha value is -1.20. The van der Waals surface area contributed by atoms with E-state index in [-0.39, 0.29) is 12.3 Å². The number of hydrogen-bond acceptors (Lipinski definition) is 3. The number of carboxylic acids is 1. The van der Waals surface area contributed by atoms with E-state index in [1.165, 1.54) is 0 Å². The van der Waals surface area contributed by atoms with Gasteiger partial charge >= 0.3 is 5.97 Å². The van der Waals surface area contributed by atoms with E-state index in [9.17, 15) is 9.59 Å². The van der Waals surface area contributed by atoms with Crippen LogP contribution in [0.25, 0.3) is 0 Å². The van der Waals surface area contributed by atoms with Gasteiger partial charge in [0.15, 0.2) is 0 Å². The number of rotatable bonds is 8. The van der Waals surface area contributed by atoms with Crippen LogP contribution >= 0.6 is 23.4 Å². The van der Waals surface area contributed by atoms with E-state index in [2.05, 4.69) is 5.32 Å². The van der Waals surface area contributed by atoms with Gasteiger partial charge in [0.1, 0.15) is 6.04 Å². The molecule has 1 rings (SSSR count). The third kappa shape index (κ3) is 5.84. The van der Waals surface area contributed by atoms with Crippen LogP contribution in [0.5, 0.6) is 0 Å². The molecule has 4 nitrogen and oxygen atoms in total. The Bertz CT molecular complexity index is 467. The van der Waals surface area contributed by atoms with Crippen molar-refractivity contribution < 1.29 is 14.7 Å². The smallest absolute Gasteiger partial charge is 0.326 e. The van der Waals surface area contributed by atoms with E-state index in [1.807, 2.05) is 24.5 Å². The highest BCUT2D eigenvalue weighted by atomic mass is 35.5. The second-order valence-electron chi connectivity index (χ2n) is 4.33. The van der Waals surface area contributed by atoms with E-state index in [1.54, 1.807) is 17.8 Å². The summed E-state index contributed by atoms with van der Waals surface area (Å²) in [5.41, 5.74) is 0.889. The number of carbonyl (C=O) groups is 2. The highest BCUT2D eigenvalue weighted by Crippen LogP contribution is 2.16. The minimum atomic E-state index is -0.995. The predicted octanol–water partition coefficient (Wildman–Crippen LogP) is 2.60. The van der Waals surface area contributed by atoms with Gasteiger partial charge < -0.3 is 10.4 Å². The maximum atomic E-state index is 11.8. The van der Waals surface area contributed by atoms with Gasteiger partial charge in [0, 0.05) is 11.4 Å². The summed E-state index contributed by atoms with van der Waals surface area (Å²) in [6.07, 6.45) is 3.06. The monoisotopic (exact) mass is 315 g/mol. The lowest BCUT2D eigenvalue weighted by Gasteiger charge is -2.14. The van der Waals surface area contributed by atoms with Crippen LogP contribution < -0.4 is 5.32 Å². The minimum Gasteiger partial charge on any atom is -0.480 e. The molecule has 1 amide bonds. The van der Waals surface area contributed by atoms with E-state index in [0.717, 1.165) is 5.56 Å². The van der Waals surface area contributed by atoms with E-state index < -0.39 is 12.0 Å². The molecule has 1 aromatic carbocycles. The maximum absolute atomic E-state index is 11.8. The quantitative estimate of drug-likeness (QED) is 0.774. The third-order valence-electron chi connectivity index (χ3n) is 2.82. The van der Waals surface area contributed by atoms with Gasteiger partial charge in [0.25, 0.3) is 0 Å². The van der Waals surface area contributed by atoms with Crippen LogP contribution in [0.2, 0.25) is 5.02 Å². The van der Waals surface area contributed by atoms with Crippen molar-refractivity contribution in [3.8, 4) is 0 Å². The van der Waals surface area contributed by atoms with E-state index in [4.69, 9.17) is 16.7 Å². The Morgan fingerprint density at radius 3 is 2.70 bits per heavy atom. The molecule has 0 heterocycles. The van der Waals surface area contributed by atoms with Gasteiger partial charge in [0.05, 0.1) is 0 Å². The molecule has 0 spiro atoms. The van der Waals surface area contributed by atoms with Gasteiger partial charge in [-0.15, -0.1) is 0 Å². The van der Waals surface area contributed by atoms with Crippen molar-refractivity contribution in [3.63, 3.8) is 0 Å². The number of halogens is 1. The van der Waals surface area contributed by atoms with Crippen molar-refractivity contribution in [2.75, 3.05) is 12.0 Å². The number of nitrogens with one attached hydrogen (secondary N) is 1. The van der Waals surface area contributed by atoms with Crippen LogP contribution in [0, 0.1) is 0 Å². The highest BCUT2D eigenvalue weighted by molar-refractivity contribution is 7.98. The first-order chi connectivity index (χ1) is 9.54. The molecule has 0 aliphatic heterocycles. The number of thioether (sulfide) groups is 1. The number of aliphatic carboxylic acids is 1. The van der Waals surface area contributed by atoms with Gasteiger partial charge in [-0.2, -0.15) is 11.8 Å². The van der Waals surface area contributed by atoms with Gasteiger partial charge in [0.2, 0.25) is 5.91 Å². The predicted molar refractivity (Wildman–Crippen MR) is 82.3 cm³/mol. The Morgan fingerprint density at radius 1 is 1.40 bits per heavy atom. The molecule has 0 saturated heterocycles. The molecular formula is C14H18ClNO3S. The van der Waals surface area contributed by atoms with Crippen molar-refractivity contribution in [3.05, 3.63) is 34.9 Å². The molecule has 2 N–H and O–H groups in total. The molecule has 0 aromatic heterocycles. The molecule has 0 saturated carbocycles. The molecule has 0 aliphatic rings. The summed E-state index contributed by atoms with van der Waals surface area (Å²) >= 11 is 7.56. The molecule has 110 valence electrons. The minimum absolute atomic E-state index is 0.229. The molecule has 6 heteroatoms. The van der Waals surface area contributed by atoms with Gasteiger partial charge in [-0.1, -0.05) is 29.8 Å². The second kappa shape index (κ2) is 8.87. The molecule has 1 atom stereocenters. The SMILES string of the molecule is CSCCC(NC(=O)CCc1ccccc1Cl)C(=O)O. The van der Waals surface area contributed by atoms with Crippen LogP contribution in [-0.2, 0) is 16.0 Å². The van der Waals surface area contributed by atoms with Gasteiger partial charge in [-0.05, 0) is 36.5 Å². The first kappa shape index (κ1) is 16.9. The average Bonchev–Trinajstić information content (AvgIpc) is 2.42. The molecular weight excluding hydrogens is 298 g/mol. The summed E-state index contributed by atoms with van der Waals surface area (Å²) in [5.74, 6) is -0.564. The molecule has 0 bridgehead atoms. The van der Waals surface area contributed by atoms with Crippen molar-refractivity contribution >= 4 is 35.2 Å². The van der Waals surface area contributed by atoms with Crippen molar-refractivity contribution in [2.45, 2.75) is 25.3 Å².